The van der Waals surface area contributed by atoms with Crippen molar-refractivity contribution in [2.45, 2.75) is 38.8 Å². The Hall–Kier alpha value is -2.15. The van der Waals surface area contributed by atoms with E-state index in [0.29, 0.717) is 16.5 Å². The Balaban J connectivity index is 1.52. The van der Waals surface area contributed by atoms with E-state index in [2.05, 4.69) is 4.90 Å². The number of halogens is 1. The van der Waals surface area contributed by atoms with Gasteiger partial charge in [0.2, 0.25) is 4.77 Å². The standard InChI is InChI=1S/C25H29ClN4OS/c1-31-23-9-5-4-8-22(23)24-27-29(25(32)30(24)21-12-10-20(26)11-13-21)17-28-15-14-18-6-2-3-7-19(18)16-28/h4-5,8-13,18-19H,2-3,6-7,14-17H2,1H3. The lowest BCUT2D eigenvalue weighted by atomic mass is 9.75. The van der Waals surface area contributed by atoms with E-state index in [-0.39, 0.29) is 0 Å². The maximum absolute atomic E-state index is 6.15. The second-order valence-electron chi connectivity index (χ2n) is 8.93. The minimum atomic E-state index is 0.680. The van der Waals surface area contributed by atoms with Gasteiger partial charge in [0.05, 0.1) is 25.0 Å². The molecule has 3 aromatic rings. The average molecular weight is 469 g/mol. The van der Waals surface area contributed by atoms with Gasteiger partial charge in [0, 0.05) is 18.1 Å². The molecule has 0 bridgehead atoms. The molecule has 7 heteroatoms. The van der Waals surface area contributed by atoms with Gasteiger partial charge in [0.15, 0.2) is 5.82 Å². The lowest BCUT2D eigenvalue weighted by Gasteiger charge is -2.41. The van der Waals surface area contributed by atoms with Crippen molar-refractivity contribution in [1.29, 1.82) is 0 Å². The summed E-state index contributed by atoms with van der Waals surface area (Å²) in [6.45, 7) is 2.97. The summed E-state index contributed by atoms with van der Waals surface area (Å²) in [5.74, 6) is 3.28. The zero-order chi connectivity index (χ0) is 22.1. The molecular weight excluding hydrogens is 440 g/mol. The van der Waals surface area contributed by atoms with Crippen molar-refractivity contribution in [3.8, 4) is 22.8 Å². The first kappa shape index (κ1) is 21.7. The number of hydrogen-bond donors (Lipinski definition) is 0. The molecule has 0 radical (unpaired) electrons. The van der Waals surface area contributed by atoms with Crippen molar-refractivity contribution in [2.75, 3.05) is 20.2 Å². The van der Waals surface area contributed by atoms with Crippen molar-refractivity contribution < 1.29 is 4.74 Å². The molecule has 1 aromatic heterocycles. The highest BCUT2D eigenvalue weighted by Crippen LogP contribution is 2.36. The molecule has 1 saturated heterocycles. The fraction of sp³-hybridized carbons (Fsp3) is 0.440. The third-order valence-corrected chi connectivity index (χ3v) is 7.63. The van der Waals surface area contributed by atoms with Gasteiger partial charge in [-0.25, -0.2) is 4.68 Å². The Bertz CT molecular complexity index is 1140. The van der Waals surface area contributed by atoms with Gasteiger partial charge in [-0.3, -0.25) is 9.47 Å². The van der Waals surface area contributed by atoms with Crippen LogP contribution < -0.4 is 4.74 Å². The monoisotopic (exact) mass is 468 g/mol. The molecule has 2 unspecified atom stereocenters. The second-order valence-corrected chi connectivity index (χ2v) is 9.73. The number of fused-ring (bicyclic) bond motifs is 1. The Morgan fingerprint density at radius 3 is 2.56 bits per heavy atom. The molecule has 168 valence electrons. The van der Waals surface area contributed by atoms with Gasteiger partial charge in [0.1, 0.15) is 5.75 Å². The number of nitrogens with zero attached hydrogens (tertiary/aromatic N) is 4. The maximum atomic E-state index is 6.15. The number of hydrogen-bond acceptors (Lipinski definition) is 4. The molecule has 0 amide bonds. The number of para-hydroxylation sites is 1. The molecule has 32 heavy (non-hydrogen) atoms. The first-order chi connectivity index (χ1) is 15.6. The molecule has 2 aliphatic rings. The molecule has 0 spiro atoms. The van der Waals surface area contributed by atoms with Crippen LogP contribution in [0.1, 0.15) is 32.1 Å². The van der Waals surface area contributed by atoms with E-state index in [0.717, 1.165) is 47.8 Å². The normalized spacial score (nSPS) is 21.3. The summed E-state index contributed by atoms with van der Waals surface area (Å²) in [5, 5.41) is 5.70. The fourth-order valence-electron chi connectivity index (χ4n) is 5.32. The minimum absolute atomic E-state index is 0.680. The SMILES string of the molecule is COc1ccccc1-c1nn(CN2CCC3CCCCC3C2)c(=S)n1-c1ccc(Cl)cc1. The number of ether oxygens (including phenoxy) is 1. The van der Waals surface area contributed by atoms with Crippen LogP contribution in [0.3, 0.4) is 0 Å². The van der Waals surface area contributed by atoms with Gasteiger partial charge in [-0.05, 0) is 73.3 Å². The first-order valence-electron chi connectivity index (χ1n) is 11.5. The van der Waals surface area contributed by atoms with E-state index in [9.17, 15) is 0 Å². The Labute approximate surface area is 199 Å². The third-order valence-electron chi connectivity index (χ3n) is 6.98. The first-order valence-corrected chi connectivity index (χ1v) is 12.2. The summed E-state index contributed by atoms with van der Waals surface area (Å²) in [7, 11) is 1.69. The number of benzene rings is 2. The quantitative estimate of drug-likeness (QED) is 0.417. The summed E-state index contributed by atoms with van der Waals surface area (Å²) in [6.07, 6.45) is 6.83. The number of rotatable bonds is 5. The van der Waals surface area contributed by atoms with Crippen molar-refractivity contribution in [2.24, 2.45) is 11.8 Å². The van der Waals surface area contributed by atoms with Gasteiger partial charge in [-0.2, -0.15) is 0 Å². The number of aromatic nitrogens is 3. The molecule has 2 fully saturated rings. The Morgan fingerprint density at radius 2 is 1.78 bits per heavy atom. The highest BCUT2D eigenvalue weighted by atomic mass is 35.5. The van der Waals surface area contributed by atoms with E-state index < -0.39 is 0 Å². The molecule has 2 heterocycles. The molecule has 5 nitrogen and oxygen atoms in total. The van der Waals surface area contributed by atoms with E-state index >= 15 is 0 Å². The van der Waals surface area contributed by atoms with Crippen LogP contribution in [0, 0.1) is 16.6 Å². The molecule has 1 aliphatic carbocycles. The van der Waals surface area contributed by atoms with Gasteiger partial charge >= 0.3 is 0 Å². The summed E-state index contributed by atoms with van der Waals surface area (Å²) < 4.78 is 10.3. The number of likely N-dealkylation sites (tertiary alicyclic amines) is 1. The maximum Gasteiger partial charge on any atom is 0.204 e. The van der Waals surface area contributed by atoms with E-state index in [1.165, 1.54) is 32.1 Å². The lowest BCUT2D eigenvalue weighted by molar-refractivity contribution is 0.0625. The fourth-order valence-corrected chi connectivity index (χ4v) is 5.74. The van der Waals surface area contributed by atoms with Crippen molar-refractivity contribution in [3.63, 3.8) is 0 Å². The Kier molecular flexibility index (Phi) is 6.35. The third kappa shape index (κ3) is 4.24. The zero-order valence-electron chi connectivity index (χ0n) is 18.4. The van der Waals surface area contributed by atoms with Gasteiger partial charge in [0.25, 0.3) is 0 Å². The molecule has 1 aliphatic heterocycles. The van der Waals surface area contributed by atoms with Crippen LogP contribution in [-0.2, 0) is 6.67 Å². The highest BCUT2D eigenvalue weighted by Gasteiger charge is 2.31. The smallest absolute Gasteiger partial charge is 0.204 e. The molecule has 5 rings (SSSR count). The van der Waals surface area contributed by atoms with Gasteiger partial charge in [-0.15, -0.1) is 5.10 Å². The lowest BCUT2D eigenvalue weighted by Crippen LogP contribution is -2.42. The van der Waals surface area contributed by atoms with Crippen molar-refractivity contribution in [3.05, 3.63) is 58.3 Å². The topological polar surface area (TPSA) is 35.2 Å². The van der Waals surface area contributed by atoms with Gasteiger partial charge < -0.3 is 4.74 Å². The summed E-state index contributed by atoms with van der Waals surface area (Å²) >= 11 is 12.1. The largest absolute Gasteiger partial charge is 0.496 e. The predicted octanol–water partition coefficient (Wildman–Crippen LogP) is 6.20. The summed E-state index contributed by atoms with van der Waals surface area (Å²) in [4.78, 5) is 2.52. The molecule has 1 saturated carbocycles. The number of methoxy groups -OCH3 is 1. The van der Waals surface area contributed by atoms with E-state index in [1.807, 2.05) is 57.8 Å². The molecule has 2 aromatic carbocycles. The van der Waals surface area contributed by atoms with Crippen LogP contribution in [0.25, 0.3) is 17.1 Å². The van der Waals surface area contributed by atoms with Gasteiger partial charge in [-0.1, -0.05) is 43.0 Å². The average Bonchev–Trinajstić information content (AvgIpc) is 3.15. The van der Waals surface area contributed by atoms with E-state index in [4.69, 9.17) is 33.7 Å². The van der Waals surface area contributed by atoms with Crippen LogP contribution in [0.2, 0.25) is 5.02 Å². The summed E-state index contributed by atoms with van der Waals surface area (Å²) in [5.41, 5.74) is 1.86. The van der Waals surface area contributed by atoms with Crippen LogP contribution in [0.5, 0.6) is 5.75 Å². The minimum Gasteiger partial charge on any atom is -0.496 e. The summed E-state index contributed by atoms with van der Waals surface area (Å²) in [6, 6.07) is 15.7. The van der Waals surface area contributed by atoms with Crippen LogP contribution in [0.4, 0.5) is 0 Å². The van der Waals surface area contributed by atoms with Crippen LogP contribution in [-0.4, -0.2) is 39.4 Å². The molecular formula is C25H29ClN4OS. The second kappa shape index (κ2) is 9.38. The van der Waals surface area contributed by atoms with Crippen LogP contribution in [0.15, 0.2) is 48.5 Å². The van der Waals surface area contributed by atoms with Crippen molar-refractivity contribution >= 4 is 23.8 Å². The zero-order valence-corrected chi connectivity index (χ0v) is 20.0. The Morgan fingerprint density at radius 1 is 1.03 bits per heavy atom. The van der Waals surface area contributed by atoms with Crippen molar-refractivity contribution in [1.82, 2.24) is 19.2 Å². The highest BCUT2D eigenvalue weighted by molar-refractivity contribution is 7.71. The van der Waals surface area contributed by atoms with Crippen LogP contribution >= 0.6 is 23.8 Å². The molecule has 2 atom stereocenters. The predicted molar refractivity (Wildman–Crippen MR) is 131 cm³/mol. The molecule has 0 N–H and O–H groups in total. The van der Waals surface area contributed by atoms with E-state index in [1.54, 1.807) is 7.11 Å². The number of piperidine rings is 1.